The Morgan fingerprint density at radius 1 is 1.36 bits per heavy atom. The Labute approximate surface area is 151 Å². The second-order valence-corrected chi connectivity index (χ2v) is 7.45. The number of amides is 2. The molecule has 0 saturated heterocycles. The summed E-state index contributed by atoms with van der Waals surface area (Å²) in [6.07, 6.45) is 4.55. The number of aryl methyl sites for hydroxylation is 1. The summed E-state index contributed by atoms with van der Waals surface area (Å²) in [4.78, 5) is 25.4. The molecule has 3 N–H and O–H groups in total. The Kier molecular flexibility index (Phi) is 5.38. The zero-order valence-corrected chi connectivity index (χ0v) is 15.0. The Morgan fingerprint density at radius 2 is 2.20 bits per heavy atom. The van der Waals surface area contributed by atoms with Crippen molar-refractivity contribution in [1.82, 2.24) is 0 Å². The normalized spacial score (nSPS) is 16.1. The van der Waals surface area contributed by atoms with Crippen LogP contribution in [0.1, 0.15) is 39.9 Å². The highest BCUT2D eigenvalue weighted by Crippen LogP contribution is 2.34. The van der Waals surface area contributed by atoms with Crippen molar-refractivity contribution in [2.75, 3.05) is 11.9 Å². The SMILES string of the molecule is CC[C@@H]1CCc2sc(C(=O)Nc3cccc(OCC(N)=O)c3)cc2C1. The first-order chi connectivity index (χ1) is 12.0. The minimum absolute atomic E-state index is 0.112. The van der Waals surface area contributed by atoms with E-state index in [1.165, 1.54) is 23.3 Å². The van der Waals surface area contributed by atoms with Gasteiger partial charge in [0, 0.05) is 16.6 Å². The monoisotopic (exact) mass is 358 g/mol. The van der Waals surface area contributed by atoms with E-state index in [-0.39, 0.29) is 12.5 Å². The van der Waals surface area contributed by atoms with Crippen LogP contribution >= 0.6 is 11.3 Å². The van der Waals surface area contributed by atoms with Gasteiger partial charge in [0.25, 0.3) is 11.8 Å². The smallest absolute Gasteiger partial charge is 0.265 e. The van der Waals surface area contributed by atoms with Crippen molar-refractivity contribution in [2.24, 2.45) is 11.7 Å². The lowest BCUT2D eigenvalue weighted by Crippen LogP contribution is -2.20. The van der Waals surface area contributed by atoms with Crippen molar-refractivity contribution in [2.45, 2.75) is 32.6 Å². The summed E-state index contributed by atoms with van der Waals surface area (Å²) in [5.41, 5.74) is 7.03. The highest BCUT2D eigenvalue weighted by atomic mass is 32.1. The third kappa shape index (κ3) is 4.39. The first kappa shape index (κ1) is 17.5. The number of anilines is 1. The van der Waals surface area contributed by atoms with E-state index in [1.54, 1.807) is 35.6 Å². The number of thiophene rings is 1. The summed E-state index contributed by atoms with van der Waals surface area (Å²) in [5, 5.41) is 2.90. The van der Waals surface area contributed by atoms with E-state index in [2.05, 4.69) is 12.2 Å². The number of primary amides is 1. The maximum atomic E-state index is 12.5. The molecule has 0 radical (unpaired) electrons. The van der Waals surface area contributed by atoms with E-state index in [1.807, 2.05) is 6.07 Å². The maximum absolute atomic E-state index is 12.5. The molecule has 2 aromatic rings. The van der Waals surface area contributed by atoms with Gasteiger partial charge in [-0.2, -0.15) is 0 Å². The van der Waals surface area contributed by atoms with E-state index in [0.29, 0.717) is 11.4 Å². The number of carbonyl (C=O) groups is 2. The molecule has 1 aliphatic rings. The van der Waals surface area contributed by atoms with Crippen LogP contribution in [0, 0.1) is 5.92 Å². The zero-order valence-electron chi connectivity index (χ0n) is 14.2. The van der Waals surface area contributed by atoms with Gasteiger partial charge in [-0.1, -0.05) is 19.4 Å². The Hall–Kier alpha value is -2.34. The molecule has 0 unspecified atom stereocenters. The fourth-order valence-corrected chi connectivity index (χ4v) is 4.17. The lowest BCUT2D eigenvalue weighted by atomic mass is 9.87. The fourth-order valence-electron chi connectivity index (χ4n) is 3.07. The van der Waals surface area contributed by atoms with Crippen molar-refractivity contribution >= 4 is 28.8 Å². The minimum Gasteiger partial charge on any atom is -0.484 e. The van der Waals surface area contributed by atoms with Crippen LogP contribution in [0.3, 0.4) is 0 Å². The molecule has 1 aliphatic carbocycles. The first-order valence-corrected chi connectivity index (χ1v) is 9.31. The Bertz CT molecular complexity index is 785. The largest absolute Gasteiger partial charge is 0.484 e. The van der Waals surface area contributed by atoms with Crippen LogP contribution in [-0.2, 0) is 17.6 Å². The van der Waals surface area contributed by atoms with E-state index >= 15 is 0 Å². The lowest BCUT2D eigenvalue weighted by Gasteiger charge is -2.19. The van der Waals surface area contributed by atoms with Gasteiger partial charge < -0.3 is 15.8 Å². The number of nitrogens with one attached hydrogen (secondary N) is 1. The van der Waals surface area contributed by atoms with Crippen molar-refractivity contribution in [3.05, 3.63) is 45.6 Å². The molecule has 3 rings (SSSR count). The molecule has 2 amide bonds. The summed E-state index contributed by atoms with van der Waals surface area (Å²) in [6.45, 7) is 2.04. The van der Waals surface area contributed by atoms with Crippen LogP contribution in [0.4, 0.5) is 5.69 Å². The number of benzene rings is 1. The number of nitrogens with two attached hydrogens (primary N) is 1. The van der Waals surface area contributed by atoms with Crippen molar-refractivity contribution in [3.63, 3.8) is 0 Å². The summed E-state index contributed by atoms with van der Waals surface area (Å²) in [7, 11) is 0. The summed E-state index contributed by atoms with van der Waals surface area (Å²) in [6, 6.07) is 8.98. The topological polar surface area (TPSA) is 81.4 Å². The number of hydrogen-bond acceptors (Lipinski definition) is 4. The molecule has 0 spiro atoms. The van der Waals surface area contributed by atoms with Crippen LogP contribution in [0.25, 0.3) is 0 Å². The summed E-state index contributed by atoms with van der Waals surface area (Å²) < 4.78 is 5.26. The molecule has 5 nitrogen and oxygen atoms in total. The molecular weight excluding hydrogens is 336 g/mol. The standard InChI is InChI=1S/C19H22N2O3S/c1-2-12-6-7-16-13(8-12)9-17(25-16)19(23)21-14-4-3-5-15(10-14)24-11-18(20)22/h3-5,9-10,12H,2,6-8,11H2,1H3,(H2,20,22)(H,21,23)/t12-/m1/s1. The van der Waals surface area contributed by atoms with E-state index in [9.17, 15) is 9.59 Å². The van der Waals surface area contributed by atoms with Crippen LogP contribution in [-0.4, -0.2) is 18.4 Å². The van der Waals surface area contributed by atoms with Gasteiger partial charge in [0.15, 0.2) is 6.61 Å². The minimum atomic E-state index is -0.538. The van der Waals surface area contributed by atoms with Gasteiger partial charge in [-0.3, -0.25) is 9.59 Å². The molecule has 6 heteroatoms. The molecule has 1 heterocycles. The quantitative estimate of drug-likeness (QED) is 0.830. The van der Waals surface area contributed by atoms with Gasteiger partial charge in [0.2, 0.25) is 0 Å². The summed E-state index contributed by atoms with van der Waals surface area (Å²) in [5.74, 6) is 0.577. The molecular formula is C19H22N2O3S. The second-order valence-electron chi connectivity index (χ2n) is 6.31. The molecule has 1 aromatic heterocycles. The van der Waals surface area contributed by atoms with Gasteiger partial charge >= 0.3 is 0 Å². The lowest BCUT2D eigenvalue weighted by molar-refractivity contribution is -0.119. The molecule has 25 heavy (non-hydrogen) atoms. The highest BCUT2D eigenvalue weighted by Gasteiger charge is 2.22. The number of fused-ring (bicyclic) bond motifs is 1. The average Bonchev–Trinajstić information content (AvgIpc) is 3.03. The van der Waals surface area contributed by atoms with Crippen LogP contribution in [0.15, 0.2) is 30.3 Å². The van der Waals surface area contributed by atoms with Gasteiger partial charge in [-0.25, -0.2) is 0 Å². The molecule has 0 fully saturated rings. The molecule has 0 bridgehead atoms. The first-order valence-electron chi connectivity index (χ1n) is 8.49. The predicted octanol–water partition coefficient (Wildman–Crippen LogP) is 3.38. The molecule has 0 saturated carbocycles. The molecule has 1 aromatic carbocycles. The summed E-state index contributed by atoms with van der Waals surface area (Å²) >= 11 is 1.59. The Morgan fingerprint density at radius 3 is 2.96 bits per heavy atom. The zero-order chi connectivity index (χ0) is 17.8. The highest BCUT2D eigenvalue weighted by molar-refractivity contribution is 7.14. The third-order valence-corrected chi connectivity index (χ3v) is 5.69. The average molecular weight is 358 g/mol. The molecule has 132 valence electrons. The van der Waals surface area contributed by atoms with Crippen LogP contribution in [0.2, 0.25) is 0 Å². The van der Waals surface area contributed by atoms with Gasteiger partial charge in [0.1, 0.15) is 5.75 Å². The van der Waals surface area contributed by atoms with Crippen LogP contribution in [0.5, 0.6) is 5.75 Å². The van der Waals surface area contributed by atoms with Gasteiger partial charge in [-0.05, 0) is 48.9 Å². The number of rotatable bonds is 6. The molecule has 1 atom stereocenters. The Balaban J connectivity index is 1.67. The van der Waals surface area contributed by atoms with Gasteiger partial charge in [0.05, 0.1) is 4.88 Å². The van der Waals surface area contributed by atoms with E-state index < -0.39 is 5.91 Å². The van der Waals surface area contributed by atoms with Crippen LogP contribution < -0.4 is 15.8 Å². The maximum Gasteiger partial charge on any atom is 0.265 e. The fraction of sp³-hybridized carbons (Fsp3) is 0.368. The molecule has 0 aliphatic heterocycles. The van der Waals surface area contributed by atoms with Crippen molar-refractivity contribution in [3.8, 4) is 5.75 Å². The number of ether oxygens (including phenoxy) is 1. The van der Waals surface area contributed by atoms with Crippen molar-refractivity contribution < 1.29 is 14.3 Å². The third-order valence-electron chi connectivity index (χ3n) is 4.46. The second kappa shape index (κ2) is 7.70. The van der Waals surface area contributed by atoms with Gasteiger partial charge in [-0.15, -0.1) is 11.3 Å². The number of hydrogen-bond donors (Lipinski definition) is 2. The van der Waals surface area contributed by atoms with Crippen molar-refractivity contribution in [1.29, 1.82) is 0 Å². The predicted molar refractivity (Wildman–Crippen MR) is 99.2 cm³/mol. The van der Waals surface area contributed by atoms with E-state index in [0.717, 1.165) is 23.6 Å². The number of carbonyl (C=O) groups excluding carboxylic acids is 2. The van der Waals surface area contributed by atoms with E-state index in [4.69, 9.17) is 10.5 Å².